The van der Waals surface area contributed by atoms with Crippen molar-refractivity contribution in [2.75, 3.05) is 26.2 Å². The van der Waals surface area contributed by atoms with Crippen molar-refractivity contribution in [2.45, 2.75) is 39.7 Å². The maximum Gasteiger partial charge on any atom is 0.321 e. The van der Waals surface area contributed by atoms with E-state index in [0.717, 1.165) is 25.9 Å². The summed E-state index contributed by atoms with van der Waals surface area (Å²) in [6, 6.07) is -0.715. The molecule has 3 amide bonds. The summed E-state index contributed by atoms with van der Waals surface area (Å²) in [5, 5.41) is 4.91. The Morgan fingerprint density at radius 2 is 1.95 bits per heavy atom. The zero-order valence-electron chi connectivity index (χ0n) is 12.2. The van der Waals surface area contributed by atoms with E-state index in [2.05, 4.69) is 22.5 Å². The van der Waals surface area contributed by atoms with Crippen LogP contribution in [-0.4, -0.2) is 49.1 Å². The monoisotopic (exact) mass is 270 g/mol. The molecule has 6 nitrogen and oxygen atoms in total. The molecule has 0 spiro atoms. The fourth-order valence-corrected chi connectivity index (χ4v) is 2.24. The molecule has 19 heavy (non-hydrogen) atoms. The molecule has 6 heteroatoms. The highest BCUT2D eigenvalue weighted by atomic mass is 16.2. The maximum atomic E-state index is 11.9. The summed E-state index contributed by atoms with van der Waals surface area (Å²) in [6.45, 7) is 8.71. The van der Waals surface area contributed by atoms with Crippen LogP contribution in [-0.2, 0) is 4.79 Å². The van der Waals surface area contributed by atoms with Crippen LogP contribution in [0.4, 0.5) is 4.79 Å². The number of hydrogen-bond donors (Lipinski definition) is 3. The molecule has 1 unspecified atom stereocenters. The predicted molar refractivity (Wildman–Crippen MR) is 74.6 cm³/mol. The summed E-state index contributed by atoms with van der Waals surface area (Å²) >= 11 is 0. The van der Waals surface area contributed by atoms with E-state index in [9.17, 15) is 9.59 Å². The minimum atomic E-state index is -0.428. The molecule has 1 fully saturated rings. The summed E-state index contributed by atoms with van der Waals surface area (Å²) in [6.07, 6.45) is 1.98. The number of nitrogens with zero attached hydrogens (tertiary/aromatic N) is 1. The topological polar surface area (TPSA) is 87.5 Å². The van der Waals surface area contributed by atoms with Gasteiger partial charge < -0.3 is 11.1 Å². The number of imide groups is 1. The van der Waals surface area contributed by atoms with Crippen molar-refractivity contribution < 1.29 is 9.59 Å². The van der Waals surface area contributed by atoms with E-state index in [1.54, 1.807) is 0 Å². The Hall–Kier alpha value is -1.14. The Morgan fingerprint density at radius 1 is 1.37 bits per heavy atom. The minimum Gasteiger partial charge on any atom is -0.338 e. The van der Waals surface area contributed by atoms with Crippen molar-refractivity contribution in [3.05, 3.63) is 0 Å². The van der Waals surface area contributed by atoms with Gasteiger partial charge in [-0.3, -0.25) is 15.0 Å². The quantitative estimate of drug-likeness (QED) is 0.685. The van der Waals surface area contributed by atoms with E-state index in [-0.39, 0.29) is 17.4 Å². The van der Waals surface area contributed by atoms with E-state index in [4.69, 9.17) is 5.73 Å². The Kier molecular flexibility index (Phi) is 5.75. The summed E-state index contributed by atoms with van der Waals surface area (Å²) in [5.41, 5.74) is 5.95. The number of rotatable bonds is 4. The molecule has 0 aromatic heterocycles. The van der Waals surface area contributed by atoms with Crippen molar-refractivity contribution >= 4 is 11.9 Å². The number of nitrogens with two attached hydrogens (primary N) is 1. The van der Waals surface area contributed by atoms with E-state index < -0.39 is 6.03 Å². The van der Waals surface area contributed by atoms with Gasteiger partial charge in [0.05, 0.1) is 6.04 Å². The number of urea groups is 1. The lowest BCUT2D eigenvalue weighted by atomic mass is 9.80. The Bertz CT molecular complexity index is 325. The average Bonchev–Trinajstić information content (AvgIpc) is 2.39. The first-order valence-corrected chi connectivity index (χ1v) is 6.94. The number of amides is 3. The van der Waals surface area contributed by atoms with Crippen molar-refractivity contribution in [2.24, 2.45) is 11.1 Å². The zero-order chi connectivity index (χ0) is 14.5. The third-order valence-electron chi connectivity index (χ3n) is 4.00. The van der Waals surface area contributed by atoms with Crippen molar-refractivity contribution in [1.82, 2.24) is 15.5 Å². The lowest BCUT2D eigenvalue weighted by Crippen LogP contribution is -2.53. The van der Waals surface area contributed by atoms with Crippen molar-refractivity contribution in [3.8, 4) is 0 Å². The minimum absolute atomic E-state index is 0.187. The molecule has 1 aliphatic rings. The van der Waals surface area contributed by atoms with E-state index in [1.807, 2.05) is 13.8 Å². The van der Waals surface area contributed by atoms with Crippen LogP contribution >= 0.6 is 0 Å². The second kappa shape index (κ2) is 6.86. The Labute approximate surface area is 115 Å². The standard InChI is InChI=1S/C13H26N4O2/c1-4-15-12(19)16-11(18)10(2)17-7-5-13(3,9-14)6-8-17/h10H,4-9,14H2,1-3H3,(H2,15,16,18,19). The normalized spacial score (nSPS) is 20.6. The van der Waals surface area contributed by atoms with Crippen molar-refractivity contribution in [3.63, 3.8) is 0 Å². The van der Waals surface area contributed by atoms with Gasteiger partial charge in [0.25, 0.3) is 0 Å². The van der Waals surface area contributed by atoms with Crippen molar-refractivity contribution in [1.29, 1.82) is 0 Å². The lowest BCUT2D eigenvalue weighted by Gasteiger charge is -2.40. The number of carbonyl (C=O) groups excluding carboxylic acids is 2. The zero-order valence-corrected chi connectivity index (χ0v) is 12.2. The van der Waals surface area contributed by atoms with Gasteiger partial charge in [-0.25, -0.2) is 4.79 Å². The van der Waals surface area contributed by atoms with Crippen LogP contribution in [0.1, 0.15) is 33.6 Å². The average molecular weight is 270 g/mol. The van der Waals surface area contributed by atoms with E-state index >= 15 is 0 Å². The SMILES string of the molecule is CCNC(=O)NC(=O)C(C)N1CCC(C)(CN)CC1. The van der Waals surface area contributed by atoms with Crippen LogP contribution in [0.3, 0.4) is 0 Å². The summed E-state index contributed by atoms with van der Waals surface area (Å²) < 4.78 is 0. The van der Waals surface area contributed by atoms with Gasteiger partial charge in [-0.2, -0.15) is 0 Å². The molecule has 0 saturated carbocycles. The van der Waals surface area contributed by atoms with Gasteiger partial charge in [0.1, 0.15) is 0 Å². The largest absolute Gasteiger partial charge is 0.338 e. The van der Waals surface area contributed by atoms with Crippen LogP contribution < -0.4 is 16.4 Å². The van der Waals surface area contributed by atoms with Crippen LogP contribution in [0.2, 0.25) is 0 Å². The van der Waals surface area contributed by atoms with Gasteiger partial charge in [-0.05, 0) is 51.7 Å². The van der Waals surface area contributed by atoms with Crippen LogP contribution in [0, 0.1) is 5.41 Å². The van der Waals surface area contributed by atoms with Gasteiger partial charge in [-0.1, -0.05) is 6.92 Å². The lowest BCUT2D eigenvalue weighted by molar-refractivity contribution is -0.125. The first-order chi connectivity index (χ1) is 8.91. The fraction of sp³-hybridized carbons (Fsp3) is 0.846. The third kappa shape index (κ3) is 4.47. The summed E-state index contributed by atoms with van der Waals surface area (Å²) in [4.78, 5) is 25.3. The molecular weight excluding hydrogens is 244 g/mol. The highest BCUT2D eigenvalue weighted by molar-refractivity contribution is 5.96. The number of hydrogen-bond acceptors (Lipinski definition) is 4. The molecule has 110 valence electrons. The molecule has 1 aliphatic heterocycles. The molecule has 0 aliphatic carbocycles. The number of carbonyl (C=O) groups is 2. The Balaban J connectivity index is 2.44. The second-order valence-corrected chi connectivity index (χ2v) is 5.58. The first-order valence-electron chi connectivity index (χ1n) is 6.94. The second-order valence-electron chi connectivity index (χ2n) is 5.58. The van der Waals surface area contributed by atoms with Gasteiger partial charge in [0.2, 0.25) is 5.91 Å². The molecule has 0 bridgehead atoms. The maximum absolute atomic E-state index is 11.9. The summed E-state index contributed by atoms with van der Waals surface area (Å²) in [5.74, 6) is -0.248. The number of likely N-dealkylation sites (tertiary alicyclic amines) is 1. The molecule has 1 rings (SSSR count). The molecule has 1 saturated heterocycles. The van der Waals surface area contributed by atoms with Crippen LogP contribution in [0.25, 0.3) is 0 Å². The number of nitrogens with one attached hydrogen (secondary N) is 2. The van der Waals surface area contributed by atoms with E-state index in [1.165, 1.54) is 0 Å². The van der Waals surface area contributed by atoms with E-state index in [0.29, 0.717) is 13.1 Å². The molecule has 1 heterocycles. The smallest absolute Gasteiger partial charge is 0.321 e. The summed E-state index contributed by atoms with van der Waals surface area (Å²) in [7, 11) is 0. The third-order valence-corrected chi connectivity index (χ3v) is 4.00. The number of piperidine rings is 1. The molecule has 0 radical (unpaired) electrons. The molecular formula is C13H26N4O2. The fourth-order valence-electron chi connectivity index (χ4n) is 2.24. The van der Waals surface area contributed by atoms with Gasteiger partial charge >= 0.3 is 6.03 Å². The Morgan fingerprint density at radius 3 is 2.42 bits per heavy atom. The highest BCUT2D eigenvalue weighted by Crippen LogP contribution is 2.30. The first kappa shape index (κ1) is 15.9. The molecule has 0 aromatic rings. The van der Waals surface area contributed by atoms with Crippen LogP contribution in [0.5, 0.6) is 0 Å². The van der Waals surface area contributed by atoms with Gasteiger partial charge in [-0.15, -0.1) is 0 Å². The molecule has 4 N–H and O–H groups in total. The molecule has 1 atom stereocenters. The van der Waals surface area contributed by atoms with Gasteiger partial charge in [0, 0.05) is 6.54 Å². The predicted octanol–water partition coefficient (Wildman–Crippen LogP) is 0.281. The highest BCUT2D eigenvalue weighted by Gasteiger charge is 2.32. The van der Waals surface area contributed by atoms with Gasteiger partial charge in [0.15, 0.2) is 0 Å². The molecule has 0 aromatic carbocycles. The van der Waals surface area contributed by atoms with Crippen LogP contribution in [0.15, 0.2) is 0 Å².